The maximum absolute atomic E-state index is 13.1. The Hall–Kier alpha value is -3.12. The van der Waals surface area contributed by atoms with Crippen molar-refractivity contribution in [2.75, 3.05) is 13.1 Å². The molecule has 0 radical (unpaired) electrons. The maximum atomic E-state index is 13.1. The number of carbonyl (C=O) groups excluding carboxylic acids is 4. The summed E-state index contributed by atoms with van der Waals surface area (Å²) >= 11 is 1.23. The fraction of sp³-hybridized carbons (Fsp3) is 0.450. The Labute approximate surface area is 188 Å². The van der Waals surface area contributed by atoms with Gasteiger partial charge in [0.15, 0.2) is 0 Å². The predicted octanol–water partition coefficient (Wildman–Crippen LogP) is 0.0405. The molecule has 4 atom stereocenters. The second-order valence-electron chi connectivity index (χ2n) is 7.93. The van der Waals surface area contributed by atoms with E-state index in [4.69, 9.17) is 0 Å². The van der Waals surface area contributed by atoms with Crippen molar-refractivity contribution in [1.29, 1.82) is 0 Å². The maximum Gasteiger partial charge on any atom is 0.326 e. The van der Waals surface area contributed by atoms with Crippen molar-refractivity contribution in [1.82, 2.24) is 26.2 Å². The molecule has 0 aliphatic carbocycles. The molecular weight excluding hydrogens is 438 g/mol. The van der Waals surface area contributed by atoms with Crippen LogP contribution < -0.4 is 21.3 Å². The molecule has 0 unspecified atom stereocenters. The van der Waals surface area contributed by atoms with Crippen LogP contribution in [0, 0.1) is 0 Å². The molecule has 2 saturated heterocycles. The van der Waals surface area contributed by atoms with Crippen molar-refractivity contribution in [3.63, 3.8) is 0 Å². The molecule has 32 heavy (non-hydrogen) atoms. The van der Waals surface area contributed by atoms with E-state index in [1.54, 1.807) is 44.2 Å². The van der Waals surface area contributed by atoms with Crippen LogP contribution in [0.25, 0.3) is 0 Å². The monoisotopic (exact) mass is 463 g/mol. The average Bonchev–Trinajstić information content (AvgIpc) is 3.32. The first-order valence-corrected chi connectivity index (χ1v) is 10.8. The Morgan fingerprint density at radius 1 is 1.25 bits per heavy atom. The lowest BCUT2D eigenvalue weighted by Crippen LogP contribution is -2.54. The van der Waals surface area contributed by atoms with Gasteiger partial charge in [-0.15, -0.1) is 11.8 Å². The molecule has 12 heteroatoms. The molecule has 2 fully saturated rings. The van der Waals surface area contributed by atoms with Gasteiger partial charge in [0.05, 0.1) is 5.37 Å². The summed E-state index contributed by atoms with van der Waals surface area (Å²) in [6.07, 6.45) is 0.528. The molecule has 0 spiro atoms. The van der Waals surface area contributed by atoms with Crippen LogP contribution in [0.2, 0.25) is 0 Å². The van der Waals surface area contributed by atoms with Gasteiger partial charge in [-0.3, -0.25) is 14.9 Å². The Balaban J connectivity index is 1.77. The minimum Gasteiger partial charge on any atom is -0.480 e. The highest BCUT2D eigenvalue weighted by atomic mass is 32.2. The van der Waals surface area contributed by atoms with Gasteiger partial charge in [0.2, 0.25) is 5.91 Å². The zero-order valence-corrected chi connectivity index (χ0v) is 18.3. The van der Waals surface area contributed by atoms with Gasteiger partial charge in [-0.25, -0.2) is 14.5 Å². The Kier molecular flexibility index (Phi) is 7.04. The highest BCUT2D eigenvalue weighted by Crippen LogP contribution is 2.39. The van der Waals surface area contributed by atoms with E-state index in [2.05, 4.69) is 21.3 Å². The minimum atomic E-state index is -1.17. The average molecular weight is 464 g/mol. The smallest absolute Gasteiger partial charge is 0.326 e. The number of hydrogen-bond donors (Lipinski definition) is 5. The molecule has 0 saturated carbocycles. The van der Waals surface area contributed by atoms with Crippen LogP contribution in [0.15, 0.2) is 30.3 Å². The minimum absolute atomic E-state index is 0.166. The van der Waals surface area contributed by atoms with Gasteiger partial charge >= 0.3 is 18.0 Å². The topological polar surface area (TPSA) is 157 Å². The van der Waals surface area contributed by atoms with Crippen molar-refractivity contribution < 1.29 is 29.1 Å². The first-order valence-electron chi connectivity index (χ1n) is 9.97. The number of urea groups is 2. The quantitative estimate of drug-likeness (QED) is 0.355. The lowest BCUT2D eigenvalue weighted by atomic mass is 10.0. The van der Waals surface area contributed by atoms with Crippen LogP contribution in [0.1, 0.15) is 25.5 Å². The zero-order chi connectivity index (χ0) is 23.5. The molecular formula is C20H25N5O6S. The molecule has 172 valence electrons. The number of carboxylic acids is 1. The molecule has 1 aromatic rings. The third-order valence-corrected chi connectivity index (χ3v) is 6.78. The van der Waals surface area contributed by atoms with Crippen molar-refractivity contribution >= 4 is 42.0 Å². The van der Waals surface area contributed by atoms with Gasteiger partial charge in [-0.05, 0) is 19.4 Å². The number of aldehydes is 1. The summed E-state index contributed by atoms with van der Waals surface area (Å²) in [6.45, 7) is 3.95. The fourth-order valence-electron chi connectivity index (χ4n) is 3.58. The molecule has 11 nitrogen and oxygen atoms in total. The van der Waals surface area contributed by atoms with Crippen LogP contribution in [-0.2, 0) is 14.4 Å². The number of nitrogens with one attached hydrogen (secondary N) is 4. The summed E-state index contributed by atoms with van der Waals surface area (Å²) in [5, 5.41) is 19.3. The summed E-state index contributed by atoms with van der Waals surface area (Å²) < 4.78 is -0.710. The van der Waals surface area contributed by atoms with Gasteiger partial charge < -0.3 is 25.9 Å². The Morgan fingerprint density at radius 3 is 2.47 bits per heavy atom. The summed E-state index contributed by atoms with van der Waals surface area (Å²) in [5.74, 6) is -1.72. The molecule has 2 aliphatic rings. The first-order chi connectivity index (χ1) is 15.1. The van der Waals surface area contributed by atoms with E-state index in [-0.39, 0.29) is 6.54 Å². The van der Waals surface area contributed by atoms with E-state index in [0.717, 1.165) is 4.90 Å². The number of hydrogen-bond acceptors (Lipinski definition) is 7. The molecule has 3 rings (SSSR count). The number of rotatable bonds is 7. The van der Waals surface area contributed by atoms with Crippen molar-refractivity contribution in [3.05, 3.63) is 35.9 Å². The highest BCUT2D eigenvalue weighted by molar-refractivity contribution is 8.01. The number of aliphatic carboxylic acids is 1. The van der Waals surface area contributed by atoms with Gasteiger partial charge in [0.25, 0.3) is 0 Å². The number of carbonyl (C=O) groups is 5. The second kappa shape index (κ2) is 9.57. The number of thioether (sulfide) groups is 1. The molecule has 5 N–H and O–H groups in total. The van der Waals surface area contributed by atoms with Gasteiger partial charge in [0.1, 0.15) is 24.4 Å². The van der Waals surface area contributed by atoms with E-state index in [9.17, 15) is 29.1 Å². The van der Waals surface area contributed by atoms with Crippen LogP contribution in [0.4, 0.5) is 9.59 Å². The number of benzene rings is 1. The van der Waals surface area contributed by atoms with E-state index >= 15 is 0 Å². The van der Waals surface area contributed by atoms with Gasteiger partial charge in [-0.1, -0.05) is 30.3 Å². The summed E-state index contributed by atoms with van der Waals surface area (Å²) in [7, 11) is 0. The van der Waals surface area contributed by atoms with Crippen molar-refractivity contribution in [2.24, 2.45) is 0 Å². The molecule has 1 aromatic carbocycles. The Bertz CT molecular complexity index is 911. The normalized spacial score (nSPS) is 23.7. The summed E-state index contributed by atoms with van der Waals surface area (Å²) in [5.41, 5.74) is 0.457. The Morgan fingerprint density at radius 2 is 1.94 bits per heavy atom. The second-order valence-corrected chi connectivity index (χ2v) is 9.72. The van der Waals surface area contributed by atoms with E-state index in [1.165, 1.54) is 11.8 Å². The predicted molar refractivity (Wildman–Crippen MR) is 116 cm³/mol. The number of nitrogens with zero attached hydrogens (tertiary/aromatic N) is 1. The lowest BCUT2D eigenvalue weighted by Gasteiger charge is -2.25. The van der Waals surface area contributed by atoms with Crippen molar-refractivity contribution in [3.8, 4) is 0 Å². The van der Waals surface area contributed by atoms with E-state index in [0.29, 0.717) is 18.4 Å². The molecule has 2 aliphatic heterocycles. The molecule has 0 aromatic heterocycles. The lowest BCUT2D eigenvalue weighted by molar-refractivity contribution is -0.140. The van der Waals surface area contributed by atoms with E-state index in [1.807, 2.05) is 0 Å². The van der Waals surface area contributed by atoms with Crippen LogP contribution in [-0.4, -0.2) is 75.5 Å². The van der Waals surface area contributed by atoms with Crippen LogP contribution >= 0.6 is 11.8 Å². The molecule has 2 heterocycles. The largest absolute Gasteiger partial charge is 0.480 e. The molecule has 0 bridgehead atoms. The first kappa shape index (κ1) is 23.5. The number of imide groups is 1. The summed E-state index contributed by atoms with van der Waals surface area (Å²) in [4.78, 5) is 61.8. The standard InChI is InChI=1S/C20H25N5O6S/c1-20(2)14(17(28)29)24-16(32-20)12(10-26)22-15(27)13(11-6-4-3-5-7-11)23-19(31)25-9-8-21-18(25)30/h3-7,10,12-14,16,24H,8-9H2,1-2H3,(H,21,30)(H,22,27)(H,23,31)(H,28,29)/t12-,13-,14+,16-/m1/s1. The van der Waals surface area contributed by atoms with Crippen LogP contribution in [0.3, 0.4) is 0 Å². The third kappa shape index (κ3) is 5.02. The number of amides is 5. The van der Waals surface area contributed by atoms with Crippen LogP contribution in [0.5, 0.6) is 0 Å². The fourth-order valence-corrected chi connectivity index (χ4v) is 5.02. The van der Waals surface area contributed by atoms with Gasteiger partial charge in [0, 0.05) is 17.8 Å². The number of carboxylic acid groups (broad SMARTS) is 1. The highest BCUT2D eigenvalue weighted by Gasteiger charge is 2.48. The van der Waals surface area contributed by atoms with Crippen molar-refractivity contribution in [2.45, 2.75) is 42.1 Å². The zero-order valence-electron chi connectivity index (χ0n) is 17.5. The third-order valence-electron chi connectivity index (χ3n) is 5.25. The SMILES string of the molecule is CC1(C)S[C@H]([C@@H](C=O)NC(=O)[C@H](NC(=O)N2CCNC2=O)c2ccccc2)N[C@H]1C(=O)O. The van der Waals surface area contributed by atoms with E-state index < -0.39 is 52.2 Å². The summed E-state index contributed by atoms with van der Waals surface area (Å²) in [6, 6.07) is 3.97. The van der Waals surface area contributed by atoms with Gasteiger partial charge in [-0.2, -0.15) is 0 Å². The molecule has 5 amide bonds.